The molecule has 0 amide bonds. The number of hydrogen-bond donors (Lipinski definition) is 1. The molecule has 0 radical (unpaired) electrons. The van der Waals surface area contributed by atoms with Crippen LogP contribution < -0.4 is 5.49 Å². The molecule has 0 atom stereocenters. The molecule has 0 aliphatic rings. The SMILES string of the molecule is CCOC(=O)c1c(C)c2c(=N)n(-c3ccccc3)c(SC)nc2n(-c2ccccc2)c1=S. The normalized spacial score (nSPS) is 11.0. The van der Waals surface area contributed by atoms with E-state index < -0.39 is 5.97 Å². The van der Waals surface area contributed by atoms with Crippen LogP contribution in [-0.2, 0) is 4.74 Å². The Morgan fingerprint density at radius 1 is 1.06 bits per heavy atom. The van der Waals surface area contributed by atoms with Crippen LogP contribution in [0.4, 0.5) is 0 Å². The molecular weight excluding hydrogens is 440 g/mol. The van der Waals surface area contributed by atoms with Crippen LogP contribution in [0.5, 0.6) is 0 Å². The van der Waals surface area contributed by atoms with Crippen molar-refractivity contribution < 1.29 is 9.53 Å². The van der Waals surface area contributed by atoms with Gasteiger partial charge < -0.3 is 4.74 Å². The number of nitrogens with zero attached hydrogens (tertiary/aromatic N) is 3. The molecule has 4 aromatic rings. The van der Waals surface area contributed by atoms with Crippen molar-refractivity contribution in [3.63, 3.8) is 0 Å². The Morgan fingerprint density at radius 2 is 1.62 bits per heavy atom. The predicted molar refractivity (Wildman–Crippen MR) is 130 cm³/mol. The Bertz CT molecular complexity index is 1430. The number of thioether (sulfide) groups is 1. The van der Waals surface area contributed by atoms with E-state index in [1.807, 2.05) is 66.9 Å². The fourth-order valence-corrected chi connectivity index (χ4v) is 4.71. The van der Waals surface area contributed by atoms with Crippen LogP contribution in [0.15, 0.2) is 65.8 Å². The Labute approximate surface area is 195 Å². The van der Waals surface area contributed by atoms with Gasteiger partial charge in [-0.3, -0.25) is 14.5 Å². The minimum atomic E-state index is -0.499. The maximum atomic E-state index is 12.9. The van der Waals surface area contributed by atoms with Crippen molar-refractivity contribution in [3.8, 4) is 11.4 Å². The Kier molecular flexibility index (Phi) is 6.25. The minimum absolute atomic E-state index is 0.230. The molecular formula is C24H22N4O2S2. The molecule has 2 aromatic carbocycles. The highest BCUT2D eigenvalue weighted by Gasteiger charge is 2.23. The summed E-state index contributed by atoms with van der Waals surface area (Å²) >= 11 is 7.22. The zero-order chi connectivity index (χ0) is 22.8. The molecule has 0 aliphatic carbocycles. The number of aromatic nitrogens is 3. The first-order valence-electron chi connectivity index (χ1n) is 10.1. The smallest absolute Gasteiger partial charge is 0.341 e. The predicted octanol–water partition coefficient (Wildman–Crippen LogP) is 5.23. The number of aryl methyl sites for hydroxylation is 1. The highest BCUT2D eigenvalue weighted by Crippen LogP contribution is 2.27. The van der Waals surface area contributed by atoms with Crippen LogP contribution >= 0.6 is 24.0 Å². The number of para-hydroxylation sites is 2. The Hall–Kier alpha value is -3.23. The molecule has 0 bridgehead atoms. The number of nitrogens with one attached hydrogen (secondary N) is 1. The van der Waals surface area contributed by atoms with E-state index in [1.54, 1.807) is 23.0 Å². The highest BCUT2D eigenvalue weighted by atomic mass is 32.2. The molecule has 0 fully saturated rings. The van der Waals surface area contributed by atoms with Gasteiger partial charge >= 0.3 is 5.97 Å². The van der Waals surface area contributed by atoms with Gasteiger partial charge in [0.25, 0.3) is 0 Å². The van der Waals surface area contributed by atoms with Crippen molar-refractivity contribution >= 4 is 41.0 Å². The van der Waals surface area contributed by atoms with E-state index in [-0.39, 0.29) is 17.7 Å². The summed E-state index contributed by atoms with van der Waals surface area (Å²) in [5, 5.41) is 10.3. The minimum Gasteiger partial charge on any atom is -0.462 e. The average molecular weight is 463 g/mol. The fraction of sp³-hybridized carbons (Fsp3) is 0.167. The van der Waals surface area contributed by atoms with Gasteiger partial charge in [0.15, 0.2) is 10.8 Å². The lowest BCUT2D eigenvalue weighted by molar-refractivity contribution is 0.0524. The van der Waals surface area contributed by atoms with Crippen molar-refractivity contribution in [2.75, 3.05) is 12.9 Å². The van der Waals surface area contributed by atoms with Gasteiger partial charge in [-0.1, -0.05) is 60.4 Å². The molecule has 32 heavy (non-hydrogen) atoms. The summed E-state index contributed by atoms with van der Waals surface area (Å²) in [6.07, 6.45) is 1.92. The van der Waals surface area contributed by atoms with Crippen molar-refractivity contribution in [2.45, 2.75) is 19.0 Å². The largest absolute Gasteiger partial charge is 0.462 e. The summed E-state index contributed by atoms with van der Waals surface area (Å²) in [6.45, 7) is 3.79. The maximum absolute atomic E-state index is 12.9. The second-order valence-electron chi connectivity index (χ2n) is 7.01. The summed E-state index contributed by atoms with van der Waals surface area (Å²) < 4.78 is 9.18. The van der Waals surface area contributed by atoms with E-state index in [4.69, 9.17) is 27.3 Å². The standard InChI is InChI=1S/C24H22N4O2S2/c1-4-30-23(29)19-15(2)18-20(25)27(16-11-7-5-8-12-16)24(32-3)26-21(18)28(22(19)31)17-13-9-6-10-14-17/h5-14,25H,4H2,1-3H3. The number of hydrogen-bond acceptors (Lipinski definition) is 6. The number of benzene rings is 2. The molecule has 6 nitrogen and oxygen atoms in total. The summed E-state index contributed by atoms with van der Waals surface area (Å²) in [7, 11) is 0. The molecule has 0 aliphatic heterocycles. The molecule has 0 saturated heterocycles. The summed E-state index contributed by atoms with van der Waals surface area (Å²) in [4.78, 5) is 17.8. The molecule has 0 unspecified atom stereocenters. The van der Waals surface area contributed by atoms with Crippen LogP contribution in [0, 0.1) is 17.0 Å². The van der Waals surface area contributed by atoms with E-state index in [9.17, 15) is 4.79 Å². The molecule has 4 rings (SSSR count). The summed E-state index contributed by atoms with van der Waals surface area (Å²) in [5.41, 5.74) is 3.23. The van der Waals surface area contributed by atoms with Crippen molar-refractivity contribution in [3.05, 3.63) is 81.9 Å². The monoisotopic (exact) mass is 462 g/mol. The number of fused-ring (bicyclic) bond motifs is 1. The van der Waals surface area contributed by atoms with Crippen LogP contribution in [0.3, 0.4) is 0 Å². The number of pyridine rings is 1. The van der Waals surface area contributed by atoms with Gasteiger partial charge in [0.05, 0.1) is 17.6 Å². The zero-order valence-electron chi connectivity index (χ0n) is 18.0. The molecule has 2 aromatic heterocycles. The third-order valence-corrected chi connectivity index (χ3v) is 6.17. The first kappa shape index (κ1) is 22.0. The second kappa shape index (κ2) is 9.10. The van der Waals surface area contributed by atoms with Crippen LogP contribution in [0.25, 0.3) is 22.4 Å². The first-order chi connectivity index (χ1) is 15.5. The molecule has 162 valence electrons. The summed E-state index contributed by atoms with van der Waals surface area (Å²) in [5.74, 6) is -0.499. The van der Waals surface area contributed by atoms with Crippen LogP contribution in [-0.4, -0.2) is 33.0 Å². The van der Waals surface area contributed by atoms with Crippen LogP contribution in [0.2, 0.25) is 0 Å². The molecule has 0 saturated carbocycles. The van der Waals surface area contributed by atoms with Gasteiger partial charge in [0, 0.05) is 11.4 Å². The Balaban J connectivity index is 2.23. The van der Waals surface area contributed by atoms with Gasteiger partial charge in [-0.2, -0.15) is 0 Å². The lowest BCUT2D eigenvalue weighted by Crippen LogP contribution is -2.26. The van der Waals surface area contributed by atoms with Crippen molar-refractivity contribution in [1.82, 2.24) is 14.1 Å². The van der Waals surface area contributed by atoms with Gasteiger partial charge in [-0.05, 0) is 49.9 Å². The molecule has 1 N–H and O–H groups in total. The topological polar surface area (TPSA) is 72.9 Å². The number of esters is 1. The zero-order valence-corrected chi connectivity index (χ0v) is 19.6. The third kappa shape index (κ3) is 3.65. The average Bonchev–Trinajstić information content (AvgIpc) is 2.80. The lowest BCUT2D eigenvalue weighted by Gasteiger charge is -2.20. The second-order valence-corrected chi connectivity index (χ2v) is 8.17. The number of ether oxygens (including phenoxy) is 1. The van der Waals surface area contributed by atoms with E-state index >= 15 is 0 Å². The molecule has 0 spiro atoms. The van der Waals surface area contributed by atoms with E-state index in [0.717, 1.165) is 11.4 Å². The van der Waals surface area contributed by atoms with Gasteiger partial charge in [-0.25, -0.2) is 9.78 Å². The third-order valence-electron chi connectivity index (χ3n) is 5.15. The number of carbonyl (C=O) groups is 1. The molecule has 2 heterocycles. The van der Waals surface area contributed by atoms with Gasteiger partial charge in [0.2, 0.25) is 0 Å². The van der Waals surface area contributed by atoms with Crippen LogP contribution in [0.1, 0.15) is 22.8 Å². The lowest BCUT2D eigenvalue weighted by atomic mass is 10.1. The van der Waals surface area contributed by atoms with Crippen molar-refractivity contribution in [2.24, 2.45) is 0 Å². The molecule has 8 heteroatoms. The maximum Gasteiger partial charge on any atom is 0.341 e. The number of rotatable bonds is 5. The fourth-order valence-electron chi connectivity index (χ4n) is 3.72. The van der Waals surface area contributed by atoms with Gasteiger partial charge in [-0.15, -0.1) is 0 Å². The van der Waals surface area contributed by atoms with E-state index in [0.29, 0.717) is 26.4 Å². The first-order valence-corrected chi connectivity index (χ1v) is 11.7. The quantitative estimate of drug-likeness (QED) is 0.190. The Morgan fingerprint density at radius 3 is 2.16 bits per heavy atom. The highest BCUT2D eigenvalue weighted by molar-refractivity contribution is 7.98. The number of carbonyl (C=O) groups excluding carboxylic acids is 1. The van der Waals surface area contributed by atoms with Gasteiger partial charge in [0.1, 0.15) is 10.1 Å². The van der Waals surface area contributed by atoms with E-state index in [2.05, 4.69) is 0 Å². The van der Waals surface area contributed by atoms with E-state index in [1.165, 1.54) is 11.8 Å². The van der Waals surface area contributed by atoms with Crippen molar-refractivity contribution in [1.29, 1.82) is 5.41 Å². The summed E-state index contributed by atoms with van der Waals surface area (Å²) in [6, 6.07) is 19.2.